The topological polar surface area (TPSA) is 85.4 Å². The first kappa shape index (κ1) is 17.1. The van der Waals surface area contributed by atoms with Crippen molar-refractivity contribution in [3.63, 3.8) is 0 Å². The van der Waals surface area contributed by atoms with Crippen LogP contribution in [0.25, 0.3) is 0 Å². The van der Waals surface area contributed by atoms with Gasteiger partial charge in [-0.3, -0.25) is 4.79 Å². The molecule has 1 aliphatic rings. The third-order valence-electron chi connectivity index (χ3n) is 3.86. The Bertz CT molecular complexity index is 996. The molecule has 1 amide bonds. The van der Waals surface area contributed by atoms with Gasteiger partial charge in [0.15, 0.2) is 11.5 Å². The molecule has 136 valence electrons. The van der Waals surface area contributed by atoms with E-state index in [2.05, 4.69) is 20.6 Å². The number of carbonyl (C=O) groups excluding carboxylic acids is 1. The molecular weight excluding hydrogens is 368 g/mol. The molecule has 0 aliphatic carbocycles. The molecule has 0 radical (unpaired) electrons. The molecule has 2 aromatic carbocycles. The van der Waals surface area contributed by atoms with E-state index in [0.29, 0.717) is 29.0 Å². The maximum absolute atomic E-state index is 12.4. The Morgan fingerprint density at radius 2 is 2.00 bits per heavy atom. The average Bonchev–Trinajstić information content (AvgIpc) is 3.14. The van der Waals surface area contributed by atoms with E-state index in [1.165, 1.54) is 6.20 Å². The molecule has 0 saturated carbocycles. The van der Waals surface area contributed by atoms with Gasteiger partial charge in [-0.2, -0.15) is 0 Å². The summed E-state index contributed by atoms with van der Waals surface area (Å²) in [6, 6.07) is 14.1. The van der Waals surface area contributed by atoms with Crippen molar-refractivity contribution in [3.8, 4) is 11.5 Å². The molecule has 27 heavy (non-hydrogen) atoms. The molecule has 7 nitrogen and oxygen atoms in total. The first-order chi connectivity index (χ1) is 13.2. The number of ether oxygens (including phenoxy) is 2. The van der Waals surface area contributed by atoms with Crippen LogP contribution in [-0.2, 0) is 6.54 Å². The predicted octanol–water partition coefficient (Wildman–Crippen LogP) is 3.72. The number of benzene rings is 2. The second-order valence-electron chi connectivity index (χ2n) is 5.77. The zero-order chi connectivity index (χ0) is 18.6. The smallest absolute Gasteiger partial charge is 0.274 e. The van der Waals surface area contributed by atoms with E-state index in [1.807, 2.05) is 18.2 Å². The van der Waals surface area contributed by atoms with Crippen LogP contribution in [0.1, 0.15) is 16.1 Å². The van der Waals surface area contributed by atoms with Crippen molar-refractivity contribution in [2.24, 2.45) is 0 Å². The number of aromatic nitrogens is 2. The summed E-state index contributed by atoms with van der Waals surface area (Å²) in [5.41, 5.74) is 1.83. The minimum absolute atomic E-state index is 0.235. The lowest BCUT2D eigenvalue weighted by atomic mass is 10.2. The highest BCUT2D eigenvalue weighted by molar-refractivity contribution is 6.30. The number of nitrogens with zero attached hydrogens (tertiary/aromatic N) is 2. The maximum Gasteiger partial charge on any atom is 0.274 e. The summed E-state index contributed by atoms with van der Waals surface area (Å²) >= 11 is 5.93. The number of amides is 1. The molecule has 0 fully saturated rings. The molecule has 4 rings (SSSR count). The molecule has 0 bridgehead atoms. The Hall–Kier alpha value is -3.32. The van der Waals surface area contributed by atoms with E-state index in [0.717, 1.165) is 11.3 Å². The van der Waals surface area contributed by atoms with Crippen LogP contribution in [0.3, 0.4) is 0 Å². The molecule has 3 aromatic rings. The zero-order valence-electron chi connectivity index (χ0n) is 14.1. The fourth-order valence-electron chi connectivity index (χ4n) is 2.56. The first-order valence-corrected chi connectivity index (χ1v) is 8.57. The first-order valence-electron chi connectivity index (χ1n) is 8.20. The van der Waals surface area contributed by atoms with Crippen molar-refractivity contribution in [3.05, 3.63) is 71.0 Å². The summed E-state index contributed by atoms with van der Waals surface area (Å²) in [5, 5.41) is 6.40. The van der Waals surface area contributed by atoms with Crippen LogP contribution in [-0.4, -0.2) is 22.7 Å². The minimum atomic E-state index is -0.342. The van der Waals surface area contributed by atoms with Gasteiger partial charge in [-0.25, -0.2) is 9.97 Å². The standard InChI is InChI=1S/C19H15ClN4O3/c20-13-2-1-3-14(9-13)23-18(25)15-6-7-21-19(24-15)22-10-12-4-5-16-17(8-12)27-11-26-16/h1-9H,10-11H2,(H,23,25)(H,21,22,24). The molecule has 2 heterocycles. The molecule has 8 heteroatoms. The van der Waals surface area contributed by atoms with Gasteiger partial charge in [-0.15, -0.1) is 0 Å². The van der Waals surface area contributed by atoms with Crippen LogP contribution in [0.2, 0.25) is 5.02 Å². The quantitative estimate of drug-likeness (QED) is 0.699. The SMILES string of the molecule is O=C(Nc1cccc(Cl)c1)c1ccnc(NCc2ccc3c(c2)OCO3)n1. The number of hydrogen-bond donors (Lipinski definition) is 2. The number of anilines is 2. The van der Waals surface area contributed by atoms with Crippen LogP contribution in [0.4, 0.5) is 11.6 Å². The molecule has 1 aliphatic heterocycles. The molecule has 0 unspecified atom stereocenters. The van der Waals surface area contributed by atoms with Gasteiger partial charge < -0.3 is 20.1 Å². The Morgan fingerprint density at radius 1 is 1.11 bits per heavy atom. The van der Waals surface area contributed by atoms with Crippen molar-refractivity contribution >= 4 is 29.1 Å². The third kappa shape index (κ3) is 4.09. The highest BCUT2D eigenvalue weighted by Crippen LogP contribution is 2.32. The number of halogens is 1. The van der Waals surface area contributed by atoms with Gasteiger partial charge in [-0.1, -0.05) is 23.7 Å². The highest BCUT2D eigenvalue weighted by Gasteiger charge is 2.13. The summed E-state index contributed by atoms with van der Waals surface area (Å²) in [6.07, 6.45) is 1.53. The Morgan fingerprint density at radius 3 is 2.89 bits per heavy atom. The van der Waals surface area contributed by atoms with Gasteiger partial charge in [0.25, 0.3) is 5.91 Å². The second kappa shape index (κ2) is 7.51. The maximum atomic E-state index is 12.4. The fraction of sp³-hybridized carbons (Fsp3) is 0.105. The number of carbonyl (C=O) groups is 1. The van der Waals surface area contributed by atoms with Crippen molar-refractivity contribution in [2.75, 3.05) is 17.4 Å². The van der Waals surface area contributed by atoms with Crippen molar-refractivity contribution in [1.29, 1.82) is 0 Å². The van der Waals surface area contributed by atoms with Gasteiger partial charge >= 0.3 is 0 Å². The lowest BCUT2D eigenvalue weighted by Gasteiger charge is -2.08. The van der Waals surface area contributed by atoms with Crippen LogP contribution in [0, 0.1) is 0 Å². The van der Waals surface area contributed by atoms with Crippen molar-refractivity contribution in [1.82, 2.24) is 9.97 Å². The van der Waals surface area contributed by atoms with Gasteiger partial charge in [0.1, 0.15) is 5.69 Å². The van der Waals surface area contributed by atoms with Crippen LogP contribution < -0.4 is 20.1 Å². The Kier molecular flexibility index (Phi) is 4.76. The van der Waals surface area contributed by atoms with Gasteiger partial charge in [0.2, 0.25) is 12.7 Å². The van der Waals surface area contributed by atoms with Gasteiger partial charge in [0, 0.05) is 23.5 Å². The van der Waals surface area contributed by atoms with Crippen molar-refractivity contribution < 1.29 is 14.3 Å². The van der Waals surface area contributed by atoms with Crippen molar-refractivity contribution in [2.45, 2.75) is 6.54 Å². The fourth-order valence-corrected chi connectivity index (χ4v) is 2.75. The van der Waals surface area contributed by atoms with E-state index < -0.39 is 0 Å². The number of hydrogen-bond acceptors (Lipinski definition) is 6. The van der Waals surface area contributed by atoms with E-state index in [-0.39, 0.29) is 18.4 Å². The predicted molar refractivity (Wildman–Crippen MR) is 101 cm³/mol. The molecule has 2 N–H and O–H groups in total. The molecule has 0 saturated heterocycles. The normalized spacial score (nSPS) is 11.9. The number of rotatable bonds is 5. The lowest BCUT2D eigenvalue weighted by molar-refractivity contribution is 0.102. The summed E-state index contributed by atoms with van der Waals surface area (Å²) in [6.45, 7) is 0.717. The van der Waals surface area contributed by atoms with E-state index >= 15 is 0 Å². The zero-order valence-corrected chi connectivity index (χ0v) is 14.9. The van der Waals surface area contributed by atoms with Gasteiger partial charge in [0.05, 0.1) is 0 Å². The molecule has 0 atom stereocenters. The highest BCUT2D eigenvalue weighted by atomic mass is 35.5. The summed E-state index contributed by atoms with van der Waals surface area (Å²) in [7, 11) is 0. The number of fused-ring (bicyclic) bond motifs is 1. The molecule has 1 aromatic heterocycles. The van der Waals surface area contributed by atoms with Gasteiger partial charge in [-0.05, 0) is 42.0 Å². The third-order valence-corrected chi connectivity index (χ3v) is 4.09. The minimum Gasteiger partial charge on any atom is -0.454 e. The number of nitrogens with one attached hydrogen (secondary N) is 2. The van der Waals surface area contributed by atoms with E-state index in [1.54, 1.807) is 30.3 Å². The van der Waals surface area contributed by atoms with E-state index in [9.17, 15) is 4.79 Å². The largest absolute Gasteiger partial charge is 0.454 e. The summed E-state index contributed by atoms with van der Waals surface area (Å²) in [5.74, 6) is 1.46. The monoisotopic (exact) mass is 382 g/mol. The van der Waals surface area contributed by atoms with Crippen LogP contribution >= 0.6 is 11.6 Å². The van der Waals surface area contributed by atoms with Crippen LogP contribution in [0.15, 0.2) is 54.7 Å². The molecule has 0 spiro atoms. The average molecular weight is 383 g/mol. The second-order valence-corrected chi connectivity index (χ2v) is 6.21. The Balaban J connectivity index is 1.42. The summed E-state index contributed by atoms with van der Waals surface area (Å²) < 4.78 is 10.7. The summed E-state index contributed by atoms with van der Waals surface area (Å²) in [4.78, 5) is 20.8. The molecular formula is C19H15ClN4O3. The van der Waals surface area contributed by atoms with Crippen LogP contribution in [0.5, 0.6) is 11.5 Å². The van der Waals surface area contributed by atoms with E-state index in [4.69, 9.17) is 21.1 Å². The Labute approximate surface area is 160 Å². The lowest BCUT2D eigenvalue weighted by Crippen LogP contribution is -2.15.